The molecule has 1 aliphatic rings. The quantitative estimate of drug-likeness (QED) is 0.819. The Morgan fingerprint density at radius 1 is 1.08 bits per heavy atom. The molecule has 2 heterocycles. The Labute approximate surface area is 148 Å². The molecule has 0 atom stereocenters. The van der Waals surface area contributed by atoms with Gasteiger partial charge < -0.3 is 15.1 Å². The second kappa shape index (κ2) is 8.46. The van der Waals surface area contributed by atoms with Crippen molar-refractivity contribution < 1.29 is 4.79 Å². The van der Waals surface area contributed by atoms with Crippen molar-refractivity contribution in [2.45, 2.75) is 19.8 Å². The molecular weight excluding hydrogens is 314 g/mol. The predicted octanol–water partition coefficient (Wildman–Crippen LogP) is 2.33. The van der Waals surface area contributed by atoms with Gasteiger partial charge in [-0.25, -0.2) is 9.97 Å². The summed E-state index contributed by atoms with van der Waals surface area (Å²) in [7, 11) is 0. The largest absolute Gasteiger partial charge is 0.368 e. The summed E-state index contributed by atoms with van der Waals surface area (Å²) in [5, 5.41) is 2.90. The third-order valence-electron chi connectivity index (χ3n) is 4.43. The fourth-order valence-corrected chi connectivity index (χ4v) is 2.95. The Morgan fingerprint density at radius 2 is 1.80 bits per heavy atom. The zero-order valence-electron chi connectivity index (χ0n) is 14.7. The summed E-state index contributed by atoms with van der Waals surface area (Å²) in [6.07, 6.45) is 3.51. The number of benzene rings is 1. The molecular formula is C19H25N5O. The van der Waals surface area contributed by atoms with Crippen LogP contribution in [0, 0.1) is 0 Å². The van der Waals surface area contributed by atoms with E-state index >= 15 is 0 Å². The maximum absolute atomic E-state index is 12.2. The van der Waals surface area contributed by atoms with Gasteiger partial charge in [0.1, 0.15) is 17.8 Å². The monoisotopic (exact) mass is 339 g/mol. The summed E-state index contributed by atoms with van der Waals surface area (Å²) < 4.78 is 0. The highest BCUT2D eigenvalue weighted by Gasteiger charge is 2.19. The fourth-order valence-electron chi connectivity index (χ4n) is 2.95. The predicted molar refractivity (Wildman–Crippen MR) is 100 cm³/mol. The molecule has 0 aliphatic carbocycles. The van der Waals surface area contributed by atoms with Crippen LogP contribution in [0.5, 0.6) is 0 Å². The van der Waals surface area contributed by atoms with E-state index < -0.39 is 0 Å². The van der Waals surface area contributed by atoms with Crippen LogP contribution in [0.3, 0.4) is 0 Å². The van der Waals surface area contributed by atoms with Gasteiger partial charge in [-0.15, -0.1) is 0 Å². The van der Waals surface area contributed by atoms with Crippen LogP contribution in [0.1, 0.15) is 30.3 Å². The molecule has 1 aliphatic heterocycles. The molecule has 25 heavy (non-hydrogen) atoms. The van der Waals surface area contributed by atoms with E-state index in [4.69, 9.17) is 0 Å². The lowest BCUT2D eigenvalue weighted by atomic mass is 10.2. The van der Waals surface area contributed by atoms with E-state index in [0.29, 0.717) is 12.2 Å². The van der Waals surface area contributed by atoms with Crippen LogP contribution in [-0.4, -0.2) is 48.6 Å². The van der Waals surface area contributed by atoms with E-state index in [1.165, 1.54) is 12.0 Å². The SMILES string of the molecule is CCCCNC(=O)c1cc(N2CCN(c3ccccc3)CC2)ncn1. The van der Waals surface area contributed by atoms with Crippen LogP contribution in [0.25, 0.3) is 0 Å². The topological polar surface area (TPSA) is 61.4 Å². The number of amides is 1. The van der Waals surface area contributed by atoms with Gasteiger partial charge in [0.05, 0.1) is 0 Å². The normalized spacial score (nSPS) is 14.4. The van der Waals surface area contributed by atoms with Crippen molar-refractivity contribution in [2.24, 2.45) is 0 Å². The van der Waals surface area contributed by atoms with E-state index in [9.17, 15) is 4.79 Å². The second-order valence-corrected chi connectivity index (χ2v) is 6.18. The number of para-hydroxylation sites is 1. The van der Waals surface area contributed by atoms with Crippen LogP contribution < -0.4 is 15.1 Å². The molecule has 132 valence electrons. The van der Waals surface area contributed by atoms with Crippen LogP contribution in [0.15, 0.2) is 42.7 Å². The lowest BCUT2D eigenvalue weighted by Crippen LogP contribution is -2.47. The number of nitrogens with one attached hydrogen (secondary N) is 1. The maximum atomic E-state index is 12.2. The molecule has 1 fully saturated rings. The Hall–Kier alpha value is -2.63. The van der Waals surface area contributed by atoms with Gasteiger partial charge in [0.2, 0.25) is 0 Å². The van der Waals surface area contributed by atoms with Crippen molar-refractivity contribution in [2.75, 3.05) is 42.5 Å². The average Bonchev–Trinajstić information content (AvgIpc) is 2.69. The molecule has 0 radical (unpaired) electrons. The van der Waals surface area contributed by atoms with Crippen molar-refractivity contribution in [1.29, 1.82) is 0 Å². The first kappa shape index (κ1) is 17.2. The van der Waals surface area contributed by atoms with Crippen molar-refractivity contribution in [3.63, 3.8) is 0 Å². The van der Waals surface area contributed by atoms with E-state index in [0.717, 1.165) is 44.8 Å². The fraction of sp³-hybridized carbons (Fsp3) is 0.421. The molecule has 1 saturated heterocycles. The van der Waals surface area contributed by atoms with Crippen molar-refractivity contribution >= 4 is 17.4 Å². The van der Waals surface area contributed by atoms with Gasteiger partial charge in [0, 0.05) is 44.5 Å². The zero-order chi connectivity index (χ0) is 17.5. The zero-order valence-corrected chi connectivity index (χ0v) is 14.7. The summed E-state index contributed by atoms with van der Waals surface area (Å²) in [5.74, 6) is 0.698. The molecule has 1 amide bonds. The number of piperazine rings is 1. The first-order valence-electron chi connectivity index (χ1n) is 8.93. The summed E-state index contributed by atoms with van der Waals surface area (Å²) >= 11 is 0. The van der Waals surface area contributed by atoms with Crippen LogP contribution in [-0.2, 0) is 0 Å². The lowest BCUT2D eigenvalue weighted by Gasteiger charge is -2.36. The Balaban J connectivity index is 1.60. The molecule has 1 N–H and O–H groups in total. The van der Waals surface area contributed by atoms with Gasteiger partial charge in [-0.1, -0.05) is 31.5 Å². The first-order chi connectivity index (χ1) is 12.3. The lowest BCUT2D eigenvalue weighted by molar-refractivity contribution is 0.0948. The van der Waals surface area contributed by atoms with Gasteiger partial charge in [-0.2, -0.15) is 0 Å². The number of hydrogen-bond donors (Lipinski definition) is 1. The van der Waals surface area contributed by atoms with Crippen LogP contribution in [0.2, 0.25) is 0 Å². The number of nitrogens with zero attached hydrogens (tertiary/aromatic N) is 4. The van der Waals surface area contributed by atoms with E-state index in [-0.39, 0.29) is 5.91 Å². The van der Waals surface area contributed by atoms with Gasteiger partial charge in [-0.05, 0) is 18.6 Å². The third-order valence-corrected chi connectivity index (χ3v) is 4.43. The summed E-state index contributed by atoms with van der Waals surface area (Å²) in [6.45, 7) is 6.41. The standard InChI is InChI=1S/C19H25N5O/c1-2-3-9-20-19(25)17-14-18(22-15-21-17)24-12-10-23(11-13-24)16-7-5-4-6-8-16/h4-8,14-15H,2-3,9-13H2,1H3,(H,20,25). The van der Waals surface area contributed by atoms with Gasteiger partial charge in [0.15, 0.2) is 0 Å². The smallest absolute Gasteiger partial charge is 0.270 e. The van der Waals surface area contributed by atoms with Crippen molar-refractivity contribution in [3.05, 3.63) is 48.4 Å². The molecule has 6 heteroatoms. The molecule has 2 aromatic rings. The van der Waals surface area contributed by atoms with Gasteiger partial charge >= 0.3 is 0 Å². The molecule has 1 aromatic carbocycles. The first-order valence-corrected chi connectivity index (χ1v) is 8.93. The highest BCUT2D eigenvalue weighted by atomic mass is 16.1. The van der Waals surface area contributed by atoms with Crippen LogP contribution >= 0.6 is 0 Å². The van der Waals surface area contributed by atoms with Crippen molar-refractivity contribution in [3.8, 4) is 0 Å². The highest BCUT2D eigenvalue weighted by Crippen LogP contribution is 2.19. The summed E-state index contributed by atoms with van der Waals surface area (Å²) in [6, 6.07) is 12.2. The Bertz CT molecular complexity index is 683. The Morgan fingerprint density at radius 3 is 2.52 bits per heavy atom. The molecule has 0 bridgehead atoms. The number of anilines is 2. The number of aromatic nitrogens is 2. The average molecular weight is 339 g/mol. The Kier molecular flexibility index (Phi) is 5.82. The highest BCUT2D eigenvalue weighted by molar-refractivity contribution is 5.92. The van der Waals surface area contributed by atoms with Crippen LogP contribution in [0.4, 0.5) is 11.5 Å². The molecule has 0 unspecified atom stereocenters. The number of carbonyl (C=O) groups excluding carboxylic acids is 1. The van der Waals surface area contributed by atoms with E-state index in [1.807, 2.05) is 6.07 Å². The minimum absolute atomic E-state index is 0.125. The number of hydrogen-bond acceptors (Lipinski definition) is 5. The van der Waals surface area contributed by atoms with E-state index in [1.54, 1.807) is 6.07 Å². The minimum atomic E-state index is -0.125. The summed E-state index contributed by atoms with van der Waals surface area (Å²) in [5.41, 5.74) is 1.69. The molecule has 0 spiro atoms. The van der Waals surface area contributed by atoms with E-state index in [2.05, 4.69) is 56.3 Å². The maximum Gasteiger partial charge on any atom is 0.270 e. The number of rotatable bonds is 6. The number of unbranched alkanes of at least 4 members (excludes halogenated alkanes) is 1. The van der Waals surface area contributed by atoms with Crippen molar-refractivity contribution in [1.82, 2.24) is 15.3 Å². The van der Waals surface area contributed by atoms with Gasteiger partial charge in [-0.3, -0.25) is 4.79 Å². The van der Waals surface area contributed by atoms with Gasteiger partial charge in [0.25, 0.3) is 5.91 Å². The molecule has 3 rings (SSSR count). The minimum Gasteiger partial charge on any atom is -0.368 e. The number of carbonyl (C=O) groups is 1. The third kappa shape index (κ3) is 4.47. The second-order valence-electron chi connectivity index (χ2n) is 6.18. The summed E-state index contributed by atoms with van der Waals surface area (Å²) in [4.78, 5) is 25.2. The molecule has 0 saturated carbocycles. The molecule has 6 nitrogen and oxygen atoms in total. The molecule has 1 aromatic heterocycles.